The smallest absolute Gasteiger partial charge is 0.331 e. The number of carbonyl (C=O) groups excluding carboxylic acids is 1. The average Bonchev–Trinajstić information content (AvgIpc) is 2.89. The van der Waals surface area contributed by atoms with Gasteiger partial charge in [0.15, 0.2) is 6.10 Å². The van der Waals surface area contributed by atoms with Gasteiger partial charge in [-0.05, 0) is 56.1 Å². The third kappa shape index (κ3) is 5.50. The lowest BCUT2D eigenvalue weighted by molar-refractivity contribution is -0.946. The van der Waals surface area contributed by atoms with Crippen molar-refractivity contribution in [2.45, 2.75) is 57.1 Å². The fourth-order valence-electron chi connectivity index (χ4n) is 6.51. The first kappa shape index (κ1) is 26.3. The van der Waals surface area contributed by atoms with Crippen molar-refractivity contribution in [3.63, 3.8) is 0 Å². The van der Waals surface area contributed by atoms with Gasteiger partial charge in [0.25, 0.3) is 0 Å². The van der Waals surface area contributed by atoms with Crippen LogP contribution in [0.5, 0.6) is 0 Å². The van der Waals surface area contributed by atoms with Gasteiger partial charge in [-0.25, -0.2) is 9.18 Å². The van der Waals surface area contributed by atoms with Crippen molar-refractivity contribution < 1.29 is 35.4 Å². The maximum atomic E-state index is 13.9. The van der Waals surface area contributed by atoms with E-state index >= 15 is 0 Å². The summed E-state index contributed by atoms with van der Waals surface area (Å²) in [5, 5.41) is 0. The van der Waals surface area contributed by atoms with Crippen LogP contribution in [-0.4, -0.2) is 60.7 Å². The molecule has 4 nitrogen and oxygen atoms in total. The zero-order valence-electron chi connectivity index (χ0n) is 20.8. The minimum Gasteiger partial charge on any atom is -1.00 e. The highest BCUT2D eigenvalue weighted by atomic mass is 79.9. The second kappa shape index (κ2) is 11.1. The molecule has 4 aliphatic rings. The molecule has 2 aromatic carbocycles. The first-order valence-electron chi connectivity index (χ1n) is 13.1. The predicted octanol–water partition coefficient (Wildman–Crippen LogP) is 1.93. The van der Waals surface area contributed by atoms with Crippen LogP contribution in [-0.2, 0) is 21.5 Å². The molecule has 0 aliphatic carbocycles. The molecule has 2 bridgehead atoms. The average molecular weight is 546 g/mol. The number of ether oxygens (including phenoxy) is 1. The van der Waals surface area contributed by atoms with Gasteiger partial charge in [0.05, 0.1) is 19.6 Å². The van der Waals surface area contributed by atoms with Gasteiger partial charge in [-0.3, -0.25) is 4.90 Å². The van der Waals surface area contributed by atoms with E-state index in [0.717, 1.165) is 87.0 Å². The molecule has 4 aliphatic heterocycles. The fraction of sp³-hybridized carbons (Fsp3) is 0.552. The normalized spacial score (nSPS) is 28.1. The number of esters is 1. The van der Waals surface area contributed by atoms with Crippen molar-refractivity contribution in [1.82, 2.24) is 4.90 Å². The number of rotatable bonds is 7. The van der Waals surface area contributed by atoms with Crippen LogP contribution >= 0.6 is 0 Å². The third-order valence-corrected chi connectivity index (χ3v) is 8.79. The molecule has 0 aromatic heterocycles. The van der Waals surface area contributed by atoms with Gasteiger partial charge in [-0.2, -0.15) is 0 Å². The molecule has 0 spiro atoms. The number of benzene rings is 2. The highest BCUT2D eigenvalue weighted by molar-refractivity contribution is 5.82. The Bertz CT molecular complexity index is 989. The molecule has 0 saturated carbocycles. The van der Waals surface area contributed by atoms with E-state index in [4.69, 9.17) is 4.74 Å². The van der Waals surface area contributed by atoms with E-state index in [0.29, 0.717) is 5.92 Å². The van der Waals surface area contributed by atoms with Crippen molar-refractivity contribution in [2.24, 2.45) is 5.92 Å². The number of piperidine rings is 4. The first-order valence-corrected chi connectivity index (χ1v) is 13.1. The first-order chi connectivity index (χ1) is 16.5. The molecule has 4 heterocycles. The Morgan fingerprint density at radius 1 is 1.06 bits per heavy atom. The van der Waals surface area contributed by atoms with Crippen LogP contribution in [0.15, 0.2) is 54.6 Å². The lowest BCUT2D eigenvalue weighted by Gasteiger charge is -2.53. The second-order valence-corrected chi connectivity index (χ2v) is 10.8. The van der Waals surface area contributed by atoms with Gasteiger partial charge in [-0.15, -0.1) is 0 Å². The lowest BCUT2D eigenvalue weighted by Crippen LogP contribution is -3.00. The van der Waals surface area contributed by atoms with E-state index in [1.807, 2.05) is 24.3 Å². The van der Waals surface area contributed by atoms with Crippen LogP contribution < -0.4 is 17.0 Å². The number of hydrogen-bond donors (Lipinski definition) is 0. The van der Waals surface area contributed by atoms with E-state index in [-0.39, 0.29) is 34.9 Å². The lowest BCUT2D eigenvalue weighted by atomic mass is 9.82. The van der Waals surface area contributed by atoms with Crippen molar-refractivity contribution >= 4 is 5.97 Å². The Kier molecular flexibility index (Phi) is 8.34. The van der Waals surface area contributed by atoms with Crippen LogP contribution in [0.4, 0.5) is 4.39 Å². The Labute approximate surface area is 219 Å². The molecule has 2 atom stereocenters. The molecular formula is C29H38BrFN2O2. The van der Waals surface area contributed by atoms with Gasteiger partial charge in [0.2, 0.25) is 0 Å². The van der Waals surface area contributed by atoms with Crippen LogP contribution in [0.2, 0.25) is 0 Å². The molecule has 0 radical (unpaired) electrons. The summed E-state index contributed by atoms with van der Waals surface area (Å²) in [6.07, 6.45) is 6.52. The molecule has 190 valence electrons. The number of carbonyl (C=O) groups is 1. The Hall–Kier alpha value is -1.76. The number of likely N-dealkylation sites (tertiary alicyclic amines) is 1. The summed E-state index contributed by atoms with van der Waals surface area (Å²) < 4.78 is 21.1. The monoisotopic (exact) mass is 544 g/mol. The maximum absolute atomic E-state index is 13.9. The largest absolute Gasteiger partial charge is 1.00 e. The molecule has 6 rings (SSSR count). The number of halogens is 2. The summed E-state index contributed by atoms with van der Waals surface area (Å²) in [4.78, 5) is 16.3. The topological polar surface area (TPSA) is 29.5 Å². The van der Waals surface area contributed by atoms with Gasteiger partial charge in [-0.1, -0.05) is 48.9 Å². The van der Waals surface area contributed by atoms with Crippen LogP contribution in [0, 0.1) is 11.7 Å². The number of fused-ring (bicyclic) bond motifs is 3. The highest BCUT2D eigenvalue weighted by Crippen LogP contribution is 2.39. The van der Waals surface area contributed by atoms with Crippen molar-refractivity contribution in [1.29, 1.82) is 0 Å². The molecule has 6 heteroatoms. The summed E-state index contributed by atoms with van der Waals surface area (Å²) in [5.74, 6) is 0.196. The molecule has 35 heavy (non-hydrogen) atoms. The van der Waals surface area contributed by atoms with Crippen LogP contribution in [0.3, 0.4) is 0 Å². The Balaban J connectivity index is 0.00000289. The maximum Gasteiger partial charge on any atom is 0.331 e. The van der Waals surface area contributed by atoms with E-state index < -0.39 is 5.54 Å². The SMILES string of the molecule is C[C@@](C(=O)O[C@H]1C[N+]2(CCc3cccc(F)c3)CCC1CC2)(c1ccccc1)N1CCCCC1.[Br-]. The van der Waals surface area contributed by atoms with Gasteiger partial charge in [0, 0.05) is 25.2 Å². The van der Waals surface area contributed by atoms with Crippen molar-refractivity contribution in [3.05, 3.63) is 71.5 Å². The van der Waals surface area contributed by atoms with Gasteiger partial charge in [0.1, 0.15) is 17.9 Å². The molecule has 0 amide bonds. The minimum absolute atomic E-state index is 0. The Morgan fingerprint density at radius 3 is 2.46 bits per heavy atom. The predicted molar refractivity (Wildman–Crippen MR) is 132 cm³/mol. The van der Waals surface area contributed by atoms with E-state index in [1.165, 1.54) is 12.5 Å². The molecular weight excluding hydrogens is 507 g/mol. The molecule has 4 saturated heterocycles. The standard InChI is InChI=1S/C29H38FN2O2.BrH/c1-29(25-10-4-2-5-11-25,31-16-6-3-7-17-31)28(33)34-27-22-32(19-14-24(27)15-20-32)18-13-23-9-8-12-26(30)21-23;/h2,4-5,8-12,21,24,27H,3,6-7,13-20,22H2,1H3;1H/q+1;/p-1/t24?,27-,29-,32?;/m0./s1. The van der Waals surface area contributed by atoms with Gasteiger partial charge < -0.3 is 26.2 Å². The second-order valence-electron chi connectivity index (χ2n) is 10.8. The molecule has 4 fully saturated rings. The number of hydrogen-bond acceptors (Lipinski definition) is 3. The van der Waals surface area contributed by atoms with Crippen LogP contribution in [0.1, 0.15) is 50.2 Å². The summed E-state index contributed by atoms with van der Waals surface area (Å²) in [6, 6.07) is 17.1. The zero-order chi connectivity index (χ0) is 23.6. The minimum atomic E-state index is -0.750. The fourth-order valence-corrected chi connectivity index (χ4v) is 6.51. The summed E-state index contributed by atoms with van der Waals surface area (Å²) in [6.45, 7) is 8.06. The zero-order valence-corrected chi connectivity index (χ0v) is 22.4. The number of nitrogens with zero attached hydrogens (tertiary/aromatic N) is 2. The van der Waals surface area contributed by atoms with E-state index in [9.17, 15) is 9.18 Å². The van der Waals surface area contributed by atoms with Crippen molar-refractivity contribution in [2.75, 3.05) is 39.3 Å². The quantitative estimate of drug-likeness (QED) is 0.394. The third-order valence-electron chi connectivity index (χ3n) is 8.79. The molecule has 0 unspecified atom stereocenters. The highest BCUT2D eigenvalue weighted by Gasteiger charge is 2.50. The van der Waals surface area contributed by atoms with E-state index in [1.54, 1.807) is 12.1 Å². The Morgan fingerprint density at radius 2 is 1.77 bits per heavy atom. The summed E-state index contributed by atoms with van der Waals surface area (Å²) in [5.41, 5.74) is 1.33. The van der Waals surface area contributed by atoms with Crippen molar-refractivity contribution in [3.8, 4) is 0 Å². The molecule has 2 aromatic rings. The van der Waals surface area contributed by atoms with Gasteiger partial charge >= 0.3 is 5.97 Å². The molecule has 0 N–H and O–H groups in total. The van der Waals surface area contributed by atoms with Crippen LogP contribution in [0.25, 0.3) is 0 Å². The summed E-state index contributed by atoms with van der Waals surface area (Å²) >= 11 is 0. The summed E-state index contributed by atoms with van der Waals surface area (Å²) in [7, 11) is 0. The number of quaternary nitrogens is 1. The van der Waals surface area contributed by atoms with E-state index in [2.05, 4.69) is 24.0 Å².